The van der Waals surface area contributed by atoms with Crippen molar-refractivity contribution in [3.05, 3.63) is 0 Å². The van der Waals surface area contributed by atoms with Crippen molar-refractivity contribution in [3.63, 3.8) is 0 Å². The van der Waals surface area contributed by atoms with Gasteiger partial charge >= 0.3 is 0 Å². The third kappa shape index (κ3) is 3.40. The minimum absolute atomic E-state index is 0.00875. The van der Waals surface area contributed by atoms with Gasteiger partial charge in [-0.25, -0.2) is 8.42 Å². The van der Waals surface area contributed by atoms with Gasteiger partial charge in [0, 0.05) is 12.6 Å². The monoisotopic (exact) mass is 294 g/mol. The maximum Gasteiger partial charge on any atom is 0.223 e. The Balaban J connectivity index is 2.98. The lowest BCUT2D eigenvalue weighted by Crippen LogP contribution is -2.49. The molecule has 5 nitrogen and oxygen atoms in total. The zero-order valence-corrected chi connectivity index (χ0v) is 12.3. The standard InChI is InChI=1S/C11H22N2O3S2/c1-2-10(11(12)17)18(15,16)13(7-8-14)9-5-3-4-6-9/h9-10,14H,2-8H2,1H3,(H2,12,17). The summed E-state index contributed by atoms with van der Waals surface area (Å²) in [5.41, 5.74) is 5.53. The van der Waals surface area contributed by atoms with E-state index in [1.54, 1.807) is 6.92 Å². The molecule has 106 valence electrons. The van der Waals surface area contributed by atoms with Crippen LogP contribution in [0.1, 0.15) is 39.0 Å². The molecule has 1 aliphatic carbocycles. The number of thiocarbonyl (C=S) groups is 1. The average molecular weight is 294 g/mol. The summed E-state index contributed by atoms with van der Waals surface area (Å²) in [5.74, 6) is 0. The largest absolute Gasteiger partial charge is 0.395 e. The number of hydrogen-bond acceptors (Lipinski definition) is 4. The number of aliphatic hydroxyl groups is 1. The molecule has 0 saturated heterocycles. The normalized spacial score (nSPS) is 19.3. The van der Waals surface area contributed by atoms with Gasteiger partial charge in [-0.1, -0.05) is 32.0 Å². The van der Waals surface area contributed by atoms with E-state index >= 15 is 0 Å². The summed E-state index contributed by atoms with van der Waals surface area (Å²) in [6.07, 6.45) is 4.14. The minimum atomic E-state index is -3.55. The minimum Gasteiger partial charge on any atom is -0.395 e. The lowest BCUT2D eigenvalue weighted by molar-refractivity contribution is 0.225. The fraction of sp³-hybridized carbons (Fsp3) is 0.909. The summed E-state index contributed by atoms with van der Waals surface area (Å²) in [4.78, 5) is 0.0124. The van der Waals surface area contributed by atoms with Crippen LogP contribution < -0.4 is 5.73 Å². The highest BCUT2D eigenvalue weighted by atomic mass is 32.2. The molecule has 0 aromatic rings. The van der Waals surface area contributed by atoms with Crippen LogP contribution in [0.3, 0.4) is 0 Å². The van der Waals surface area contributed by atoms with Gasteiger partial charge in [-0.15, -0.1) is 0 Å². The maximum atomic E-state index is 12.5. The molecule has 0 spiro atoms. The lowest BCUT2D eigenvalue weighted by Gasteiger charge is -2.30. The number of aliphatic hydroxyl groups excluding tert-OH is 1. The topological polar surface area (TPSA) is 83.6 Å². The highest BCUT2D eigenvalue weighted by molar-refractivity contribution is 7.92. The molecule has 7 heteroatoms. The SMILES string of the molecule is CCC(C(N)=S)S(=O)(=O)N(CCO)C1CCCC1. The van der Waals surface area contributed by atoms with Crippen molar-refractivity contribution in [2.75, 3.05) is 13.2 Å². The van der Waals surface area contributed by atoms with Crippen LogP contribution in [0.2, 0.25) is 0 Å². The molecule has 0 heterocycles. The Bertz CT molecular complexity index is 378. The van der Waals surface area contributed by atoms with Gasteiger partial charge in [0.1, 0.15) is 5.25 Å². The van der Waals surface area contributed by atoms with Gasteiger partial charge in [0.2, 0.25) is 10.0 Å². The van der Waals surface area contributed by atoms with Crippen molar-refractivity contribution in [2.24, 2.45) is 5.73 Å². The van der Waals surface area contributed by atoms with Gasteiger partial charge in [-0.05, 0) is 19.3 Å². The molecule has 1 rings (SSSR count). The molecule has 1 unspecified atom stereocenters. The molecule has 0 amide bonds. The Morgan fingerprint density at radius 1 is 1.50 bits per heavy atom. The van der Waals surface area contributed by atoms with Crippen molar-refractivity contribution in [3.8, 4) is 0 Å². The smallest absolute Gasteiger partial charge is 0.223 e. The van der Waals surface area contributed by atoms with Gasteiger partial charge in [0.15, 0.2) is 0 Å². The van der Waals surface area contributed by atoms with E-state index in [1.165, 1.54) is 4.31 Å². The molecule has 1 saturated carbocycles. The van der Waals surface area contributed by atoms with Crippen LogP contribution >= 0.6 is 12.2 Å². The first kappa shape index (κ1) is 15.8. The maximum absolute atomic E-state index is 12.5. The number of hydrogen-bond donors (Lipinski definition) is 2. The third-order valence-corrected chi connectivity index (χ3v) is 6.30. The molecular weight excluding hydrogens is 272 g/mol. The lowest BCUT2D eigenvalue weighted by atomic mass is 10.2. The van der Waals surface area contributed by atoms with E-state index in [0.717, 1.165) is 25.7 Å². The molecule has 1 aliphatic rings. The first-order valence-corrected chi connectivity index (χ1v) is 8.27. The zero-order valence-electron chi connectivity index (χ0n) is 10.7. The molecule has 0 aromatic carbocycles. The van der Waals surface area contributed by atoms with Crippen LogP contribution in [0.4, 0.5) is 0 Å². The van der Waals surface area contributed by atoms with Gasteiger partial charge in [-0.3, -0.25) is 0 Å². The average Bonchev–Trinajstić information content (AvgIpc) is 2.78. The van der Waals surface area contributed by atoms with E-state index in [2.05, 4.69) is 0 Å². The Hall–Kier alpha value is -0.240. The Labute approximate surface area is 114 Å². The Morgan fingerprint density at radius 3 is 2.44 bits per heavy atom. The van der Waals surface area contributed by atoms with Crippen LogP contribution in [-0.4, -0.2) is 47.3 Å². The molecule has 0 aromatic heterocycles. The third-order valence-electron chi connectivity index (χ3n) is 3.43. The van der Waals surface area contributed by atoms with Crippen molar-refractivity contribution >= 4 is 27.2 Å². The van der Waals surface area contributed by atoms with Gasteiger partial charge in [0.25, 0.3) is 0 Å². The second kappa shape index (κ2) is 6.79. The van der Waals surface area contributed by atoms with E-state index in [4.69, 9.17) is 23.1 Å². The highest BCUT2D eigenvalue weighted by Crippen LogP contribution is 2.27. The summed E-state index contributed by atoms with van der Waals surface area (Å²) in [6.45, 7) is 1.71. The number of rotatable bonds is 7. The van der Waals surface area contributed by atoms with Crippen molar-refractivity contribution in [1.29, 1.82) is 0 Å². The van der Waals surface area contributed by atoms with E-state index < -0.39 is 15.3 Å². The fourth-order valence-electron chi connectivity index (χ4n) is 2.53. The van der Waals surface area contributed by atoms with Crippen molar-refractivity contribution in [2.45, 2.75) is 50.3 Å². The van der Waals surface area contributed by atoms with E-state index in [9.17, 15) is 8.42 Å². The second-order valence-electron chi connectivity index (χ2n) is 4.62. The van der Waals surface area contributed by atoms with Crippen LogP contribution in [0, 0.1) is 0 Å². The number of nitrogens with zero attached hydrogens (tertiary/aromatic N) is 1. The summed E-state index contributed by atoms with van der Waals surface area (Å²) in [5, 5.41) is 8.26. The summed E-state index contributed by atoms with van der Waals surface area (Å²) in [6, 6.07) is -0.00875. The quantitative estimate of drug-likeness (QED) is 0.672. The molecule has 18 heavy (non-hydrogen) atoms. The van der Waals surface area contributed by atoms with Crippen molar-refractivity contribution < 1.29 is 13.5 Å². The predicted octanol–water partition coefficient (Wildman–Crippen LogP) is 0.618. The van der Waals surface area contributed by atoms with Gasteiger partial charge in [0.05, 0.1) is 11.6 Å². The summed E-state index contributed by atoms with van der Waals surface area (Å²) < 4.78 is 26.5. The molecule has 1 atom stereocenters. The van der Waals surface area contributed by atoms with Crippen LogP contribution in [0.5, 0.6) is 0 Å². The van der Waals surface area contributed by atoms with Gasteiger partial charge in [-0.2, -0.15) is 4.31 Å². The molecule has 3 N–H and O–H groups in total. The summed E-state index contributed by atoms with van der Waals surface area (Å²) >= 11 is 4.85. The molecule has 1 fully saturated rings. The van der Waals surface area contributed by atoms with E-state index in [1.807, 2.05) is 0 Å². The van der Waals surface area contributed by atoms with Crippen LogP contribution in [-0.2, 0) is 10.0 Å². The Kier molecular flexibility index (Phi) is 5.97. The fourth-order valence-corrected chi connectivity index (χ4v) is 5.07. The molecular formula is C11H22N2O3S2. The second-order valence-corrected chi connectivity index (χ2v) is 7.16. The Morgan fingerprint density at radius 2 is 2.06 bits per heavy atom. The molecule has 0 bridgehead atoms. The zero-order chi connectivity index (χ0) is 13.8. The van der Waals surface area contributed by atoms with Crippen LogP contribution in [0.15, 0.2) is 0 Å². The van der Waals surface area contributed by atoms with E-state index in [0.29, 0.717) is 6.42 Å². The summed E-state index contributed by atoms with van der Waals surface area (Å²) in [7, 11) is -3.55. The first-order chi connectivity index (χ1) is 8.45. The number of sulfonamides is 1. The predicted molar refractivity (Wildman–Crippen MR) is 75.8 cm³/mol. The first-order valence-electron chi connectivity index (χ1n) is 6.36. The number of nitrogens with two attached hydrogens (primary N) is 1. The molecule has 0 aliphatic heterocycles. The van der Waals surface area contributed by atoms with Gasteiger partial charge < -0.3 is 10.8 Å². The van der Waals surface area contributed by atoms with Crippen molar-refractivity contribution in [1.82, 2.24) is 4.31 Å². The van der Waals surface area contributed by atoms with Crippen LogP contribution in [0.25, 0.3) is 0 Å². The highest BCUT2D eigenvalue weighted by Gasteiger charge is 2.37. The van der Waals surface area contributed by atoms with E-state index in [-0.39, 0.29) is 24.2 Å². The molecule has 0 radical (unpaired) electrons.